The number of aromatic hydroxyl groups is 2. The first-order chi connectivity index (χ1) is 9.31. The maximum atomic E-state index is 11.9. The van der Waals surface area contributed by atoms with Gasteiger partial charge in [-0.05, 0) is 24.1 Å². The maximum Gasteiger partial charge on any atom is 0.304 e. The van der Waals surface area contributed by atoms with Crippen molar-refractivity contribution in [3.8, 4) is 11.5 Å². The second-order valence-corrected chi connectivity index (χ2v) is 4.43. The molecule has 4 N–H and O–H groups in total. The molecule has 0 aliphatic rings. The molecule has 118 valence electrons. The molecule has 0 fully saturated rings. The van der Waals surface area contributed by atoms with Gasteiger partial charge >= 0.3 is 5.97 Å². The van der Waals surface area contributed by atoms with E-state index in [0.29, 0.717) is 5.56 Å². The Morgan fingerprint density at radius 3 is 2.48 bits per heavy atom. The first kappa shape index (κ1) is 19.0. The average molecular weight is 319 g/mol. The number of phenols is 2. The van der Waals surface area contributed by atoms with Gasteiger partial charge in [-0.2, -0.15) is 0 Å². The molecule has 0 radical (unpaired) electrons. The number of ether oxygens (including phenoxy) is 1. The van der Waals surface area contributed by atoms with Crippen LogP contribution in [-0.2, 0) is 20.7 Å². The predicted molar refractivity (Wildman–Crippen MR) is 78.1 cm³/mol. The lowest BCUT2D eigenvalue weighted by atomic mass is 10.1. The minimum absolute atomic E-state index is 0. The number of hydrogen-bond donors (Lipinski definition) is 3. The number of likely N-dealkylation sites (N-methyl/N-ethyl adjacent to an activating group) is 1. The topological polar surface area (TPSA) is 113 Å². The number of benzene rings is 1. The van der Waals surface area contributed by atoms with Crippen LogP contribution in [0.5, 0.6) is 11.5 Å². The fraction of sp³-hybridized carbons (Fsp3) is 0.385. The first-order valence-corrected chi connectivity index (χ1v) is 5.96. The SMILES string of the molecule is CC(=O)OCN(C)C(=O)C(N)Cc1ccc(O)c(O)c1.Cl. The van der Waals surface area contributed by atoms with Crippen LogP contribution in [0.15, 0.2) is 18.2 Å². The summed E-state index contributed by atoms with van der Waals surface area (Å²) in [6.45, 7) is 1.08. The summed E-state index contributed by atoms with van der Waals surface area (Å²) in [6, 6.07) is 3.40. The smallest absolute Gasteiger partial charge is 0.304 e. The van der Waals surface area contributed by atoms with Gasteiger partial charge in [-0.15, -0.1) is 12.4 Å². The second-order valence-electron chi connectivity index (χ2n) is 4.43. The van der Waals surface area contributed by atoms with Gasteiger partial charge in [0.1, 0.15) is 0 Å². The molecule has 0 bridgehead atoms. The Bertz CT molecular complexity index is 509. The van der Waals surface area contributed by atoms with Crippen LogP contribution in [0.1, 0.15) is 12.5 Å². The van der Waals surface area contributed by atoms with E-state index < -0.39 is 12.0 Å². The van der Waals surface area contributed by atoms with Crippen LogP contribution in [0.25, 0.3) is 0 Å². The summed E-state index contributed by atoms with van der Waals surface area (Å²) in [5.41, 5.74) is 6.38. The molecule has 1 aromatic carbocycles. The van der Waals surface area contributed by atoms with E-state index in [2.05, 4.69) is 0 Å². The van der Waals surface area contributed by atoms with Crippen LogP contribution in [-0.4, -0.2) is 46.8 Å². The molecule has 1 aromatic rings. The lowest BCUT2D eigenvalue weighted by molar-refractivity contribution is -0.150. The average Bonchev–Trinajstić information content (AvgIpc) is 2.39. The quantitative estimate of drug-likeness (QED) is 0.410. The largest absolute Gasteiger partial charge is 0.504 e. The molecule has 0 aromatic heterocycles. The zero-order valence-electron chi connectivity index (χ0n) is 11.8. The molecular weight excluding hydrogens is 300 g/mol. The number of nitrogens with two attached hydrogens (primary N) is 1. The van der Waals surface area contributed by atoms with Gasteiger partial charge in [0.2, 0.25) is 5.91 Å². The van der Waals surface area contributed by atoms with Crippen LogP contribution in [0, 0.1) is 0 Å². The first-order valence-electron chi connectivity index (χ1n) is 5.96. The van der Waals surface area contributed by atoms with Crippen molar-refractivity contribution in [3.63, 3.8) is 0 Å². The second kappa shape index (κ2) is 8.33. The number of rotatable bonds is 5. The highest BCUT2D eigenvalue weighted by Gasteiger charge is 2.19. The molecule has 0 spiro atoms. The third kappa shape index (κ3) is 5.88. The molecular formula is C13H19ClN2O5. The highest BCUT2D eigenvalue weighted by Crippen LogP contribution is 2.25. The van der Waals surface area contributed by atoms with E-state index in [1.54, 1.807) is 6.07 Å². The fourth-order valence-corrected chi connectivity index (χ4v) is 1.57. The van der Waals surface area contributed by atoms with Crippen molar-refractivity contribution in [3.05, 3.63) is 23.8 Å². The molecule has 0 aliphatic heterocycles. The van der Waals surface area contributed by atoms with Crippen molar-refractivity contribution in [1.29, 1.82) is 0 Å². The standard InChI is InChI=1S/C13H18N2O5.ClH/c1-8(16)20-7-15(2)13(19)10(14)5-9-3-4-11(17)12(18)6-9;/h3-4,6,10,17-18H,5,7,14H2,1-2H3;1H. The fourth-order valence-electron chi connectivity index (χ4n) is 1.57. The Morgan fingerprint density at radius 1 is 1.33 bits per heavy atom. The van der Waals surface area contributed by atoms with Gasteiger partial charge in [0.25, 0.3) is 0 Å². The maximum absolute atomic E-state index is 11.9. The van der Waals surface area contributed by atoms with E-state index in [9.17, 15) is 19.8 Å². The number of halogens is 1. The highest BCUT2D eigenvalue weighted by atomic mass is 35.5. The normalized spacial score (nSPS) is 11.2. The summed E-state index contributed by atoms with van der Waals surface area (Å²) in [4.78, 5) is 23.8. The van der Waals surface area contributed by atoms with Gasteiger partial charge < -0.3 is 25.6 Å². The third-order valence-electron chi connectivity index (χ3n) is 2.65. The van der Waals surface area contributed by atoms with Crippen molar-refractivity contribution in [2.45, 2.75) is 19.4 Å². The van der Waals surface area contributed by atoms with E-state index in [1.165, 1.54) is 31.0 Å². The van der Waals surface area contributed by atoms with Gasteiger partial charge in [-0.25, -0.2) is 0 Å². The van der Waals surface area contributed by atoms with Gasteiger partial charge in [0, 0.05) is 14.0 Å². The molecule has 0 saturated heterocycles. The Balaban J connectivity index is 0.00000400. The van der Waals surface area contributed by atoms with Gasteiger partial charge in [-0.3, -0.25) is 9.59 Å². The number of carbonyl (C=O) groups excluding carboxylic acids is 2. The Hall–Kier alpha value is -1.99. The predicted octanol–water partition coefficient (Wildman–Crippen LogP) is 0.368. The van der Waals surface area contributed by atoms with Crippen molar-refractivity contribution in [2.24, 2.45) is 5.73 Å². The number of carbonyl (C=O) groups is 2. The van der Waals surface area contributed by atoms with Crippen molar-refractivity contribution in [1.82, 2.24) is 4.90 Å². The van der Waals surface area contributed by atoms with Crippen molar-refractivity contribution in [2.75, 3.05) is 13.8 Å². The van der Waals surface area contributed by atoms with Crippen LogP contribution in [0.4, 0.5) is 0 Å². The minimum atomic E-state index is -0.834. The molecule has 1 unspecified atom stereocenters. The summed E-state index contributed by atoms with van der Waals surface area (Å²) in [5, 5.41) is 18.6. The zero-order valence-corrected chi connectivity index (χ0v) is 12.6. The minimum Gasteiger partial charge on any atom is -0.504 e. The molecule has 21 heavy (non-hydrogen) atoms. The van der Waals surface area contributed by atoms with Crippen molar-refractivity contribution < 1.29 is 24.5 Å². The highest BCUT2D eigenvalue weighted by molar-refractivity contribution is 5.85. The zero-order chi connectivity index (χ0) is 15.3. The summed E-state index contributed by atoms with van der Waals surface area (Å²) in [5.74, 6) is -1.38. The third-order valence-corrected chi connectivity index (χ3v) is 2.65. The number of esters is 1. The summed E-state index contributed by atoms with van der Waals surface area (Å²) < 4.78 is 4.70. The van der Waals surface area contributed by atoms with E-state index in [-0.39, 0.29) is 43.0 Å². The number of phenolic OH excluding ortho intramolecular Hbond substituents is 2. The Labute approximate surface area is 128 Å². The van der Waals surface area contributed by atoms with E-state index in [1.807, 2.05) is 0 Å². The number of nitrogens with zero attached hydrogens (tertiary/aromatic N) is 1. The molecule has 0 saturated carbocycles. The molecule has 8 heteroatoms. The van der Waals surface area contributed by atoms with Crippen LogP contribution in [0.2, 0.25) is 0 Å². The van der Waals surface area contributed by atoms with E-state index in [0.717, 1.165) is 0 Å². The van der Waals surface area contributed by atoms with Crippen LogP contribution >= 0.6 is 12.4 Å². The summed E-state index contributed by atoms with van der Waals surface area (Å²) in [7, 11) is 1.47. The molecule has 7 nitrogen and oxygen atoms in total. The van der Waals surface area contributed by atoms with Gasteiger partial charge in [-0.1, -0.05) is 6.07 Å². The molecule has 0 heterocycles. The lowest BCUT2D eigenvalue weighted by Crippen LogP contribution is -2.44. The van der Waals surface area contributed by atoms with Gasteiger partial charge in [0.05, 0.1) is 6.04 Å². The summed E-state index contributed by atoms with van der Waals surface area (Å²) in [6.07, 6.45) is 0.192. The monoisotopic (exact) mass is 318 g/mol. The van der Waals surface area contributed by atoms with Crippen LogP contribution < -0.4 is 5.73 Å². The van der Waals surface area contributed by atoms with Crippen molar-refractivity contribution >= 4 is 24.3 Å². The van der Waals surface area contributed by atoms with E-state index >= 15 is 0 Å². The number of amides is 1. The lowest BCUT2D eigenvalue weighted by Gasteiger charge is -2.20. The Morgan fingerprint density at radius 2 is 1.95 bits per heavy atom. The molecule has 1 rings (SSSR count). The molecule has 0 aliphatic carbocycles. The summed E-state index contributed by atoms with van der Waals surface area (Å²) >= 11 is 0. The van der Waals surface area contributed by atoms with Crippen LogP contribution in [0.3, 0.4) is 0 Å². The van der Waals surface area contributed by atoms with Gasteiger partial charge in [0.15, 0.2) is 18.2 Å². The number of hydrogen-bond acceptors (Lipinski definition) is 6. The van der Waals surface area contributed by atoms with E-state index in [4.69, 9.17) is 10.5 Å². The Kier molecular flexibility index (Phi) is 7.54. The molecule has 1 amide bonds. The molecule has 1 atom stereocenters.